The number of rotatable bonds is 12. The summed E-state index contributed by atoms with van der Waals surface area (Å²) in [4.78, 5) is 18.9. The fraction of sp³-hybridized carbons (Fsp3) is 0.500. The first-order valence-corrected chi connectivity index (χ1v) is 13.1. The van der Waals surface area contributed by atoms with E-state index in [2.05, 4.69) is 31.9 Å². The molecule has 0 bridgehead atoms. The number of fused-ring (bicyclic) bond motifs is 1. The molecule has 9 nitrogen and oxygen atoms in total. The summed E-state index contributed by atoms with van der Waals surface area (Å²) in [5, 5.41) is 9.66. The molecule has 0 aliphatic carbocycles. The van der Waals surface area contributed by atoms with Gasteiger partial charge in [-0.15, -0.1) is 0 Å². The summed E-state index contributed by atoms with van der Waals surface area (Å²) in [5.41, 5.74) is 2.05. The number of amides is 1. The number of carbonyl (C=O) groups excluding carboxylic acids is 1. The van der Waals surface area contributed by atoms with Crippen LogP contribution in [0.3, 0.4) is 0 Å². The molecular formula is C26H35N5O4S. The van der Waals surface area contributed by atoms with Crippen molar-refractivity contribution in [2.45, 2.75) is 45.1 Å². The Morgan fingerprint density at radius 1 is 1.03 bits per heavy atom. The highest BCUT2D eigenvalue weighted by molar-refractivity contribution is 7.80. The SMILES string of the molecule is O=C(CCCNC(=S)Nc1ccc2c(c1)OCO2)NCCCOc1cc(CN2CCCCC2)ccn1. The van der Waals surface area contributed by atoms with Crippen LogP contribution in [0.15, 0.2) is 36.5 Å². The van der Waals surface area contributed by atoms with Gasteiger partial charge >= 0.3 is 0 Å². The fourth-order valence-corrected chi connectivity index (χ4v) is 4.39. The van der Waals surface area contributed by atoms with Crippen LogP contribution in [0, 0.1) is 0 Å². The van der Waals surface area contributed by atoms with Crippen LogP contribution in [0.25, 0.3) is 0 Å². The third kappa shape index (κ3) is 8.53. The maximum absolute atomic E-state index is 12.1. The van der Waals surface area contributed by atoms with Gasteiger partial charge in [0.2, 0.25) is 18.6 Å². The van der Waals surface area contributed by atoms with Crippen molar-refractivity contribution in [2.75, 3.05) is 44.9 Å². The van der Waals surface area contributed by atoms with E-state index in [4.69, 9.17) is 26.4 Å². The van der Waals surface area contributed by atoms with Crippen LogP contribution in [0.4, 0.5) is 5.69 Å². The van der Waals surface area contributed by atoms with E-state index in [1.807, 2.05) is 24.3 Å². The van der Waals surface area contributed by atoms with E-state index < -0.39 is 0 Å². The molecule has 3 heterocycles. The lowest BCUT2D eigenvalue weighted by atomic mass is 10.1. The van der Waals surface area contributed by atoms with Gasteiger partial charge in [0.15, 0.2) is 16.6 Å². The van der Waals surface area contributed by atoms with Crippen molar-refractivity contribution in [3.63, 3.8) is 0 Å². The maximum atomic E-state index is 12.1. The molecule has 194 valence electrons. The lowest BCUT2D eigenvalue weighted by Gasteiger charge is -2.26. The second-order valence-corrected chi connectivity index (χ2v) is 9.35. The molecule has 3 N–H and O–H groups in total. The molecule has 2 aliphatic rings. The Kier molecular flexibility index (Phi) is 9.98. The van der Waals surface area contributed by atoms with E-state index >= 15 is 0 Å². The quantitative estimate of drug-likeness (QED) is 0.291. The normalized spacial score (nSPS) is 14.8. The van der Waals surface area contributed by atoms with Crippen molar-refractivity contribution >= 4 is 28.9 Å². The number of aromatic nitrogens is 1. The smallest absolute Gasteiger partial charge is 0.231 e. The van der Waals surface area contributed by atoms with Crippen LogP contribution >= 0.6 is 12.2 Å². The van der Waals surface area contributed by atoms with Gasteiger partial charge in [-0.05, 0) is 74.8 Å². The number of pyridine rings is 1. The first kappa shape index (κ1) is 26.0. The molecule has 0 radical (unpaired) electrons. The topological polar surface area (TPSA) is 97.0 Å². The summed E-state index contributed by atoms with van der Waals surface area (Å²) in [6, 6.07) is 9.63. The summed E-state index contributed by atoms with van der Waals surface area (Å²) in [5.74, 6) is 2.09. The molecule has 1 aromatic heterocycles. The first-order valence-electron chi connectivity index (χ1n) is 12.7. The predicted molar refractivity (Wildman–Crippen MR) is 143 cm³/mol. The van der Waals surface area contributed by atoms with Gasteiger partial charge in [0.25, 0.3) is 0 Å². The molecule has 0 spiro atoms. The van der Waals surface area contributed by atoms with Crippen molar-refractivity contribution in [1.82, 2.24) is 20.5 Å². The second kappa shape index (κ2) is 13.8. The minimum Gasteiger partial charge on any atom is -0.478 e. The molecule has 2 aromatic rings. The lowest BCUT2D eigenvalue weighted by Crippen LogP contribution is -2.31. The largest absolute Gasteiger partial charge is 0.478 e. The molecule has 0 atom stereocenters. The number of nitrogens with zero attached hydrogens (tertiary/aromatic N) is 2. The number of anilines is 1. The Bertz CT molecular complexity index is 1020. The van der Waals surface area contributed by atoms with Crippen LogP contribution in [-0.2, 0) is 11.3 Å². The highest BCUT2D eigenvalue weighted by atomic mass is 32.1. The summed E-state index contributed by atoms with van der Waals surface area (Å²) in [6.07, 6.45) is 7.54. The zero-order chi connectivity index (χ0) is 25.0. The van der Waals surface area contributed by atoms with E-state index in [9.17, 15) is 4.79 Å². The molecular weight excluding hydrogens is 478 g/mol. The Balaban J connectivity index is 1.02. The molecule has 1 fully saturated rings. The zero-order valence-corrected chi connectivity index (χ0v) is 21.4. The lowest BCUT2D eigenvalue weighted by molar-refractivity contribution is -0.121. The van der Waals surface area contributed by atoms with Gasteiger partial charge in [0, 0.05) is 50.1 Å². The molecule has 36 heavy (non-hydrogen) atoms. The minimum absolute atomic E-state index is 0.0214. The van der Waals surface area contributed by atoms with Crippen LogP contribution in [0.5, 0.6) is 17.4 Å². The maximum Gasteiger partial charge on any atom is 0.231 e. The number of ether oxygens (including phenoxy) is 3. The highest BCUT2D eigenvalue weighted by Crippen LogP contribution is 2.34. The minimum atomic E-state index is 0.0214. The van der Waals surface area contributed by atoms with Crippen molar-refractivity contribution in [3.8, 4) is 17.4 Å². The van der Waals surface area contributed by atoms with E-state index in [1.165, 1.54) is 37.9 Å². The molecule has 10 heteroatoms. The average molecular weight is 514 g/mol. The van der Waals surface area contributed by atoms with Crippen LogP contribution < -0.4 is 30.2 Å². The van der Waals surface area contributed by atoms with Gasteiger partial charge < -0.3 is 30.2 Å². The third-order valence-corrected chi connectivity index (χ3v) is 6.29. The third-order valence-electron chi connectivity index (χ3n) is 6.04. The monoisotopic (exact) mass is 513 g/mol. The molecule has 1 amide bonds. The van der Waals surface area contributed by atoms with E-state index in [0.29, 0.717) is 49.3 Å². The van der Waals surface area contributed by atoms with Crippen molar-refractivity contribution in [2.24, 2.45) is 0 Å². The second-order valence-electron chi connectivity index (χ2n) is 8.94. The number of carbonyl (C=O) groups is 1. The summed E-state index contributed by atoms with van der Waals surface area (Å²) < 4.78 is 16.5. The fourth-order valence-electron chi connectivity index (χ4n) is 4.17. The van der Waals surface area contributed by atoms with Gasteiger partial charge in [-0.1, -0.05) is 6.42 Å². The Labute approximate surface area is 217 Å². The van der Waals surface area contributed by atoms with Gasteiger partial charge in [-0.25, -0.2) is 4.98 Å². The van der Waals surface area contributed by atoms with E-state index in [1.54, 1.807) is 6.20 Å². The Hall–Kier alpha value is -3.11. The highest BCUT2D eigenvalue weighted by Gasteiger charge is 2.14. The first-order chi connectivity index (χ1) is 17.7. The van der Waals surface area contributed by atoms with Crippen molar-refractivity contribution < 1.29 is 19.0 Å². The Morgan fingerprint density at radius 3 is 2.75 bits per heavy atom. The molecule has 0 unspecified atom stereocenters. The van der Waals surface area contributed by atoms with Crippen LogP contribution in [-0.4, -0.2) is 60.5 Å². The number of piperidine rings is 1. The molecule has 0 saturated carbocycles. The number of nitrogens with one attached hydrogen (secondary N) is 3. The molecule has 4 rings (SSSR count). The molecule has 2 aliphatic heterocycles. The number of thiocarbonyl (C=S) groups is 1. The predicted octanol–water partition coefficient (Wildman–Crippen LogP) is 3.45. The molecule has 1 saturated heterocycles. The average Bonchev–Trinajstić information content (AvgIpc) is 3.35. The number of hydrogen-bond donors (Lipinski definition) is 3. The van der Waals surface area contributed by atoms with Crippen LogP contribution in [0.1, 0.15) is 44.1 Å². The van der Waals surface area contributed by atoms with Crippen LogP contribution in [0.2, 0.25) is 0 Å². The zero-order valence-electron chi connectivity index (χ0n) is 20.6. The van der Waals surface area contributed by atoms with Gasteiger partial charge in [-0.2, -0.15) is 0 Å². The van der Waals surface area contributed by atoms with Gasteiger partial charge in [-0.3, -0.25) is 9.69 Å². The standard InChI is InChI=1S/C26H35N5O4S/c32-24(6-4-10-29-26(36)30-21-7-8-22-23(17-21)35-19-34-22)27-11-5-15-33-25-16-20(9-12-28-25)18-31-13-2-1-3-14-31/h7-9,12,16-17H,1-6,10-11,13-15,18-19H2,(H,27,32)(H2,29,30,36). The number of likely N-dealkylation sites (tertiary alicyclic amines) is 1. The van der Waals surface area contributed by atoms with Gasteiger partial charge in [0.1, 0.15) is 0 Å². The summed E-state index contributed by atoms with van der Waals surface area (Å²) >= 11 is 5.32. The van der Waals surface area contributed by atoms with Crippen molar-refractivity contribution in [1.29, 1.82) is 0 Å². The summed E-state index contributed by atoms with van der Waals surface area (Å²) in [6.45, 7) is 5.21. The number of hydrogen-bond acceptors (Lipinski definition) is 7. The van der Waals surface area contributed by atoms with E-state index in [-0.39, 0.29) is 12.7 Å². The number of benzene rings is 1. The molecule has 1 aromatic carbocycles. The van der Waals surface area contributed by atoms with E-state index in [0.717, 1.165) is 24.4 Å². The summed E-state index contributed by atoms with van der Waals surface area (Å²) in [7, 11) is 0. The van der Waals surface area contributed by atoms with Crippen molar-refractivity contribution in [3.05, 3.63) is 42.1 Å². The van der Waals surface area contributed by atoms with Gasteiger partial charge in [0.05, 0.1) is 6.61 Å². The Morgan fingerprint density at radius 2 is 1.86 bits per heavy atom.